The van der Waals surface area contributed by atoms with Gasteiger partial charge in [-0.2, -0.15) is 0 Å². The molecule has 42 heavy (non-hydrogen) atoms. The SMILES string of the molecule is CCC1=C(CC)C2=NC1=CC1NC(=CC1(CC)CC)C=c1[nH]c(c(CC)c1CC)=CC1=NC(=C2)C(CC)=C1CC.[Pt].[Pt]. The second kappa shape index (κ2) is 14.3. The third-order valence-corrected chi connectivity index (χ3v) is 9.73. The molecule has 1 aromatic rings. The standard InChI is InChI=1S/C36H48N4.2Pt/c1-9-23-24(10-2)30-18-31-25(11-3)26(12-4)32(39-31)19-33-27(13-5)28(14-6)34(40-33)20-35-36(15-7,16-8)21-22(37-35)17-29(23)38-30;;/h17-21,35,37-38H,9-16H2,1-8H3;;. The molecular weight excluding hydrogens is 879 g/mol. The van der Waals surface area contributed by atoms with Crippen LogP contribution in [0.25, 0.3) is 12.2 Å². The summed E-state index contributed by atoms with van der Waals surface area (Å²) >= 11 is 0. The van der Waals surface area contributed by atoms with E-state index < -0.39 is 0 Å². The van der Waals surface area contributed by atoms with Crippen LogP contribution >= 0.6 is 0 Å². The summed E-state index contributed by atoms with van der Waals surface area (Å²) < 4.78 is 0. The fourth-order valence-corrected chi connectivity index (χ4v) is 7.43. The zero-order valence-electron chi connectivity index (χ0n) is 26.6. The van der Waals surface area contributed by atoms with Crippen LogP contribution in [-0.4, -0.2) is 22.4 Å². The fourth-order valence-electron chi connectivity index (χ4n) is 7.43. The Labute approximate surface area is 282 Å². The second-order valence-electron chi connectivity index (χ2n) is 11.5. The van der Waals surface area contributed by atoms with Gasteiger partial charge in [0.25, 0.3) is 0 Å². The van der Waals surface area contributed by atoms with E-state index in [0.717, 1.165) is 74.2 Å². The minimum atomic E-state index is 0. The molecule has 1 atom stereocenters. The molecule has 4 nitrogen and oxygen atoms in total. The zero-order valence-corrected chi connectivity index (χ0v) is 31.2. The summed E-state index contributed by atoms with van der Waals surface area (Å²) in [6, 6.07) is 0.206. The Balaban J connectivity index is 0.00000242. The number of allylic oxidation sites excluding steroid dienone is 6. The van der Waals surface area contributed by atoms with Crippen LogP contribution in [0.15, 0.2) is 67.6 Å². The first kappa shape index (κ1) is 34.7. The van der Waals surface area contributed by atoms with Crippen molar-refractivity contribution in [1.82, 2.24) is 10.3 Å². The van der Waals surface area contributed by atoms with Crippen molar-refractivity contribution in [3.63, 3.8) is 0 Å². The quantitative estimate of drug-likeness (QED) is 0.283. The van der Waals surface area contributed by atoms with Crippen molar-refractivity contribution in [3.05, 3.63) is 79.4 Å². The van der Waals surface area contributed by atoms with E-state index in [1.165, 1.54) is 49.8 Å². The predicted octanol–water partition coefficient (Wildman–Crippen LogP) is 7.28. The van der Waals surface area contributed by atoms with Crippen molar-refractivity contribution < 1.29 is 42.1 Å². The molecule has 0 fully saturated rings. The summed E-state index contributed by atoms with van der Waals surface area (Å²) in [5.74, 6) is 0. The van der Waals surface area contributed by atoms with E-state index in [1.807, 2.05) is 0 Å². The van der Waals surface area contributed by atoms with Gasteiger partial charge in [0.2, 0.25) is 0 Å². The summed E-state index contributed by atoms with van der Waals surface area (Å²) in [6.45, 7) is 18.3. The van der Waals surface area contributed by atoms with Gasteiger partial charge >= 0.3 is 0 Å². The van der Waals surface area contributed by atoms with Gasteiger partial charge in [-0.25, -0.2) is 9.98 Å². The zero-order chi connectivity index (χ0) is 28.6. The van der Waals surface area contributed by atoms with Gasteiger partial charge in [0.05, 0.1) is 28.9 Å². The van der Waals surface area contributed by atoms with E-state index >= 15 is 0 Å². The Bertz CT molecular complexity index is 1550. The number of aliphatic imine (C=N–C) groups is 2. The molecule has 0 aromatic carbocycles. The minimum absolute atomic E-state index is 0. The largest absolute Gasteiger partial charge is 0.378 e. The van der Waals surface area contributed by atoms with Crippen LogP contribution in [0.2, 0.25) is 0 Å². The molecule has 5 rings (SSSR count). The molecule has 0 spiro atoms. The van der Waals surface area contributed by atoms with Gasteiger partial charge in [-0.1, -0.05) is 61.5 Å². The van der Waals surface area contributed by atoms with E-state index in [1.54, 1.807) is 0 Å². The van der Waals surface area contributed by atoms with Crippen molar-refractivity contribution in [2.45, 2.75) is 113 Å². The molecule has 0 radical (unpaired) electrons. The molecule has 232 valence electrons. The molecule has 0 saturated carbocycles. The number of rotatable bonds is 8. The minimum Gasteiger partial charge on any atom is -0.378 e. The van der Waals surface area contributed by atoms with Crippen molar-refractivity contribution in [1.29, 1.82) is 0 Å². The van der Waals surface area contributed by atoms with Gasteiger partial charge in [0.15, 0.2) is 0 Å². The third kappa shape index (κ3) is 5.85. The smallest absolute Gasteiger partial charge is 0.0694 e. The summed E-state index contributed by atoms with van der Waals surface area (Å²) in [5, 5.41) is 6.36. The van der Waals surface area contributed by atoms with Gasteiger partial charge in [0, 0.05) is 63.9 Å². The third-order valence-electron chi connectivity index (χ3n) is 9.73. The van der Waals surface area contributed by atoms with Crippen LogP contribution in [0.5, 0.6) is 0 Å². The Morgan fingerprint density at radius 2 is 1.12 bits per heavy atom. The Morgan fingerprint density at radius 3 is 1.64 bits per heavy atom. The molecule has 6 heteroatoms. The van der Waals surface area contributed by atoms with Gasteiger partial charge < -0.3 is 10.3 Å². The molecular formula is C36H48N4Pt2. The number of aromatic amines is 1. The van der Waals surface area contributed by atoms with E-state index in [9.17, 15) is 0 Å². The van der Waals surface area contributed by atoms with Crippen molar-refractivity contribution >= 4 is 23.6 Å². The van der Waals surface area contributed by atoms with Crippen LogP contribution in [0.4, 0.5) is 0 Å². The first-order valence-electron chi connectivity index (χ1n) is 15.9. The second-order valence-corrected chi connectivity index (χ2v) is 11.5. The van der Waals surface area contributed by atoms with Crippen molar-refractivity contribution in [3.8, 4) is 0 Å². The van der Waals surface area contributed by atoms with Crippen LogP contribution < -0.4 is 16.0 Å². The number of nitrogens with one attached hydrogen (secondary N) is 2. The van der Waals surface area contributed by atoms with Gasteiger partial charge in [-0.15, -0.1) is 0 Å². The molecule has 4 aliphatic rings. The fraction of sp³-hybridized carbons (Fsp3) is 0.500. The van der Waals surface area contributed by atoms with Crippen LogP contribution in [0.1, 0.15) is 105 Å². The first-order valence-corrected chi connectivity index (χ1v) is 15.9. The Hall–Kier alpha value is -1.76. The Kier molecular flexibility index (Phi) is 11.9. The summed E-state index contributed by atoms with van der Waals surface area (Å²) in [5.41, 5.74) is 14.0. The molecule has 8 bridgehead atoms. The van der Waals surface area contributed by atoms with E-state index in [0.29, 0.717) is 0 Å². The van der Waals surface area contributed by atoms with Gasteiger partial charge in [-0.3, -0.25) is 0 Å². The van der Waals surface area contributed by atoms with Gasteiger partial charge in [-0.05, 0) is 109 Å². The monoisotopic (exact) mass is 926 g/mol. The summed E-state index contributed by atoms with van der Waals surface area (Å²) in [7, 11) is 0. The maximum atomic E-state index is 5.32. The average Bonchev–Trinajstić information content (AvgIpc) is 3.68. The molecule has 5 heterocycles. The first-order chi connectivity index (χ1) is 19.4. The molecule has 0 amide bonds. The molecule has 0 aliphatic carbocycles. The van der Waals surface area contributed by atoms with E-state index in [2.05, 4.69) is 96.1 Å². The molecule has 2 N–H and O–H groups in total. The summed E-state index contributed by atoms with van der Waals surface area (Å²) in [6.07, 6.45) is 19.9. The van der Waals surface area contributed by atoms with E-state index in [4.69, 9.17) is 9.98 Å². The topological polar surface area (TPSA) is 52.5 Å². The number of hydrogen-bond donors (Lipinski definition) is 2. The van der Waals surface area contributed by atoms with Crippen LogP contribution in [-0.2, 0) is 55.0 Å². The number of fused-ring (bicyclic) bond motifs is 6. The number of H-pyrrole nitrogens is 1. The predicted molar refractivity (Wildman–Crippen MR) is 172 cm³/mol. The van der Waals surface area contributed by atoms with Crippen LogP contribution in [0.3, 0.4) is 0 Å². The maximum Gasteiger partial charge on any atom is 0.0694 e. The Morgan fingerprint density at radius 1 is 0.619 bits per heavy atom. The molecule has 1 aromatic heterocycles. The van der Waals surface area contributed by atoms with Crippen molar-refractivity contribution in [2.24, 2.45) is 15.4 Å². The number of nitrogens with zero attached hydrogens (tertiary/aromatic N) is 2. The van der Waals surface area contributed by atoms with E-state index in [-0.39, 0.29) is 53.6 Å². The number of aromatic nitrogens is 1. The summed E-state index contributed by atoms with van der Waals surface area (Å²) in [4.78, 5) is 14.4. The van der Waals surface area contributed by atoms with Gasteiger partial charge in [0.1, 0.15) is 0 Å². The van der Waals surface area contributed by atoms with Crippen molar-refractivity contribution in [2.75, 3.05) is 0 Å². The molecule has 0 saturated heterocycles. The average molecular weight is 927 g/mol. The maximum absolute atomic E-state index is 5.32. The normalized spacial score (nSPS) is 20.4. The molecule has 4 aliphatic heterocycles. The van der Waals surface area contributed by atoms with Crippen LogP contribution in [0, 0.1) is 5.41 Å². The number of hydrogen-bond acceptors (Lipinski definition) is 3. The molecule has 1 unspecified atom stereocenters.